The number of benzene rings is 1. The van der Waals surface area contributed by atoms with Gasteiger partial charge < -0.3 is 0 Å². The van der Waals surface area contributed by atoms with Gasteiger partial charge in [-0.2, -0.15) is 10.1 Å². The monoisotopic (exact) mass is 377 g/mol. The van der Waals surface area contributed by atoms with Crippen molar-refractivity contribution in [3.8, 4) is 0 Å². The molecule has 146 valence electrons. The van der Waals surface area contributed by atoms with Crippen LogP contribution in [0.3, 0.4) is 0 Å². The number of aromatic nitrogens is 5. The molecule has 0 saturated heterocycles. The quantitative estimate of drug-likeness (QED) is 0.633. The molecule has 6 nitrogen and oxygen atoms in total. The molecule has 0 aliphatic heterocycles. The Morgan fingerprint density at radius 1 is 1.11 bits per heavy atom. The molecular weight excluding hydrogens is 350 g/mol. The lowest BCUT2D eigenvalue weighted by Crippen LogP contribution is -2.27. The number of rotatable bonds is 7. The van der Waals surface area contributed by atoms with Crippen LogP contribution in [-0.2, 0) is 18.5 Å². The Hall–Kier alpha value is -2.76. The number of hydrogen-bond acceptors (Lipinski definition) is 4. The predicted molar refractivity (Wildman–Crippen MR) is 108 cm³/mol. The van der Waals surface area contributed by atoms with Crippen molar-refractivity contribution >= 4 is 0 Å². The van der Waals surface area contributed by atoms with Crippen molar-refractivity contribution in [3.05, 3.63) is 75.5 Å². The van der Waals surface area contributed by atoms with E-state index in [0.717, 1.165) is 55.3 Å². The van der Waals surface area contributed by atoms with Gasteiger partial charge in [-0.05, 0) is 44.7 Å². The van der Waals surface area contributed by atoms with Gasteiger partial charge in [0.1, 0.15) is 5.82 Å². The molecule has 0 N–H and O–H groups in total. The Kier molecular flexibility index (Phi) is 4.87. The summed E-state index contributed by atoms with van der Waals surface area (Å²) < 4.78 is 3.68. The summed E-state index contributed by atoms with van der Waals surface area (Å²) in [5.74, 6) is 1.72. The molecule has 2 heterocycles. The van der Waals surface area contributed by atoms with E-state index in [4.69, 9.17) is 10.1 Å². The van der Waals surface area contributed by atoms with Gasteiger partial charge in [0.25, 0.3) is 0 Å². The number of nitrogens with zero attached hydrogens (tertiary/aromatic N) is 5. The molecule has 0 atom stereocenters. The summed E-state index contributed by atoms with van der Waals surface area (Å²) in [4.78, 5) is 21.4. The van der Waals surface area contributed by atoms with Gasteiger partial charge >= 0.3 is 5.69 Å². The minimum absolute atomic E-state index is 0.0704. The summed E-state index contributed by atoms with van der Waals surface area (Å²) in [6, 6.07) is 12.5. The van der Waals surface area contributed by atoms with Crippen molar-refractivity contribution < 1.29 is 0 Å². The van der Waals surface area contributed by atoms with Crippen LogP contribution in [0.25, 0.3) is 0 Å². The summed E-state index contributed by atoms with van der Waals surface area (Å²) in [5, 5.41) is 4.90. The maximum absolute atomic E-state index is 12.4. The maximum Gasteiger partial charge on any atom is 0.348 e. The molecule has 1 fully saturated rings. The van der Waals surface area contributed by atoms with E-state index in [2.05, 4.69) is 36.2 Å². The van der Waals surface area contributed by atoms with Crippen molar-refractivity contribution in [1.82, 2.24) is 24.3 Å². The standard InChI is InChI=1S/C22H27N5O/c1-4-5-13-27-19(15-26-17(3)14-16(2)23-21(26)28)24-20(25-27)22(11-12-22)18-9-7-6-8-10-18/h6-10,14H,4-5,11-13,15H2,1-3H3. The Morgan fingerprint density at radius 2 is 1.86 bits per heavy atom. The highest BCUT2D eigenvalue weighted by atomic mass is 16.1. The Morgan fingerprint density at radius 3 is 2.50 bits per heavy atom. The zero-order valence-electron chi connectivity index (χ0n) is 16.9. The maximum atomic E-state index is 12.4. The largest absolute Gasteiger partial charge is 0.348 e. The van der Waals surface area contributed by atoms with Gasteiger partial charge in [0, 0.05) is 17.9 Å². The van der Waals surface area contributed by atoms with E-state index in [0.29, 0.717) is 6.54 Å². The van der Waals surface area contributed by atoms with Crippen LogP contribution < -0.4 is 5.69 Å². The minimum Gasteiger partial charge on any atom is -0.289 e. The van der Waals surface area contributed by atoms with Crippen molar-refractivity contribution in [2.75, 3.05) is 0 Å². The second-order valence-electron chi connectivity index (χ2n) is 7.78. The summed E-state index contributed by atoms with van der Waals surface area (Å²) in [6.45, 7) is 7.17. The van der Waals surface area contributed by atoms with Gasteiger partial charge in [-0.25, -0.2) is 14.5 Å². The first-order chi connectivity index (χ1) is 13.5. The zero-order valence-corrected chi connectivity index (χ0v) is 16.9. The molecule has 3 aromatic rings. The summed E-state index contributed by atoms with van der Waals surface area (Å²) >= 11 is 0. The lowest BCUT2D eigenvalue weighted by Gasteiger charge is -2.11. The predicted octanol–water partition coefficient (Wildman–Crippen LogP) is 3.38. The molecule has 28 heavy (non-hydrogen) atoms. The number of aryl methyl sites for hydroxylation is 3. The molecule has 1 aliphatic carbocycles. The molecule has 4 rings (SSSR count). The summed E-state index contributed by atoms with van der Waals surface area (Å²) in [7, 11) is 0. The highest BCUT2D eigenvalue weighted by molar-refractivity contribution is 5.39. The van der Waals surface area contributed by atoms with Gasteiger partial charge in [0.2, 0.25) is 0 Å². The fraction of sp³-hybridized carbons (Fsp3) is 0.455. The van der Waals surface area contributed by atoms with E-state index in [1.54, 1.807) is 4.57 Å². The smallest absolute Gasteiger partial charge is 0.289 e. The fourth-order valence-corrected chi connectivity index (χ4v) is 3.81. The van der Waals surface area contributed by atoms with E-state index in [9.17, 15) is 4.79 Å². The van der Waals surface area contributed by atoms with Crippen molar-refractivity contribution in [2.24, 2.45) is 0 Å². The third-order valence-corrected chi connectivity index (χ3v) is 5.62. The highest BCUT2D eigenvalue weighted by Crippen LogP contribution is 2.52. The second kappa shape index (κ2) is 7.34. The van der Waals surface area contributed by atoms with Crippen molar-refractivity contribution in [2.45, 2.75) is 65.0 Å². The van der Waals surface area contributed by atoms with E-state index in [1.165, 1.54) is 5.56 Å². The number of hydrogen-bond donors (Lipinski definition) is 0. The molecule has 6 heteroatoms. The Labute approximate surface area is 165 Å². The van der Waals surface area contributed by atoms with Gasteiger partial charge in [0.15, 0.2) is 5.82 Å². The van der Waals surface area contributed by atoms with Crippen LogP contribution in [0.4, 0.5) is 0 Å². The lowest BCUT2D eigenvalue weighted by atomic mass is 9.95. The molecule has 0 spiro atoms. The first-order valence-electron chi connectivity index (χ1n) is 10.1. The van der Waals surface area contributed by atoms with Gasteiger partial charge in [-0.3, -0.25) is 4.57 Å². The molecule has 0 bridgehead atoms. The molecule has 1 aliphatic rings. The SMILES string of the molecule is CCCCn1nc(C2(c3ccccc3)CC2)nc1Cn1c(C)cc(C)nc1=O. The molecule has 0 unspecified atom stereocenters. The Bertz CT molecular complexity index is 1030. The Balaban J connectivity index is 1.73. The van der Waals surface area contributed by atoms with Crippen molar-refractivity contribution in [1.29, 1.82) is 0 Å². The van der Waals surface area contributed by atoms with Crippen molar-refractivity contribution in [3.63, 3.8) is 0 Å². The number of unbranched alkanes of at least 4 members (excludes halogenated alkanes) is 1. The fourth-order valence-electron chi connectivity index (χ4n) is 3.81. The highest BCUT2D eigenvalue weighted by Gasteiger charge is 2.49. The van der Waals surface area contributed by atoms with E-state index < -0.39 is 0 Å². The van der Waals surface area contributed by atoms with Crippen LogP contribution in [0.15, 0.2) is 41.2 Å². The molecule has 1 saturated carbocycles. The van der Waals surface area contributed by atoms with Crippen LogP contribution in [-0.4, -0.2) is 24.3 Å². The van der Waals surface area contributed by atoms with Gasteiger partial charge in [-0.1, -0.05) is 43.7 Å². The average molecular weight is 377 g/mol. The summed E-state index contributed by atoms with van der Waals surface area (Å²) in [6.07, 6.45) is 4.26. The zero-order chi connectivity index (χ0) is 19.7. The van der Waals surface area contributed by atoms with E-state index in [-0.39, 0.29) is 11.1 Å². The minimum atomic E-state index is -0.228. The molecule has 0 radical (unpaired) electrons. The molecule has 0 amide bonds. The topological polar surface area (TPSA) is 65.6 Å². The third-order valence-electron chi connectivity index (χ3n) is 5.62. The van der Waals surface area contributed by atoms with Crippen LogP contribution in [0, 0.1) is 13.8 Å². The molecular formula is C22H27N5O. The van der Waals surface area contributed by atoms with Gasteiger partial charge in [0.05, 0.1) is 12.0 Å². The first-order valence-corrected chi connectivity index (χ1v) is 10.1. The van der Waals surface area contributed by atoms with E-state index >= 15 is 0 Å². The third kappa shape index (κ3) is 3.39. The molecule has 1 aromatic carbocycles. The lowest BCUT2D eigenvalue weighted by molar-refractivity contribution is 0.521. The first kappa shape index (κ1) is 18.6. The average Bonchev–Trinajstić information content (AvgIpc) is 3.39. The van der Waals surface area contributed by atoms with Crippen LogP contribution in [0.5, 0.6) is 0 Å². The van der Waals surface area contributed by atoms with Crippen LogP contribution in [0.1, 0.15) is 61.2 Å². The second-order valence-corrected chi connectivity index (χ2v) is 7.78. The summed E-state index contributed by atoms with van der Waals surface area (Å²) in [5.41, 5.74) is 2.62. The van der Waals surface area contributed by atoms with Crippen LogP contribution >= 0.6 is 0 Å². The van der Waals surface area contributed by atoms with E-state index in [1.807, 2.05) is 30.7 Å². The van der Waals surface area contributed by atoms with Gasteiger partial charge in [-0.15, -0.1) is 0 Å². The normalized spacial score (nSPS) is 15.0. The molecule has 2 aromatic heterocycles. The van der Waals surface area contributed by atoms with Crippen LogP contribution in [0.2, 0.25) is 0 Å².